The minimum atomic E-state index is -2.75. The summed E-state index contributed by atoms with van der Waals surface area (Å²) >= 11 is 0. The van der Waals surface area contributed by atoms with Gasteiger partial charge < -0.3 is 0 Å². The zero-order valence-electron chi connectivity index (χ0n) is 6.35. The number of halogens is 2. The van der Waals surface area contributed by atoms with E-state index in [2.05, 4.69) is 0 Å². The second-order valence-electron chi connectivity index (χ2n) is 3.10. The summed E-state index contributed by atoms with van der Waals surface area (Å²) in [5.41, 5.74) is 0. The molecule has 0 unspecified atom stereocenters. The van der Waals surface area contributed by atoms with Gasteiger partial charge in [0.2, 0.25) is 0 Å². The molecular weight excluding hydrogens is 150 g/mol. The first-order chi connectivity index (χ1) is 5.20. The molecule has 1 aliphatic carbocycles. The highest BCUT2D eigenvalue weighted by Crippen LogP contribution is 2.30. The van der Waals surface area contributed by atoms with Crippen LogP contribution in [0.5, 0.6) is 0 Å². The summed E-state index contributed by atoms with van der Waals surface area (Å²) in [5, 5.41) is 0. The largest absolute Gasteiger partial charge is 0.295 e. The van der Waals surface area contributed by atoms with E-state index in [-0.39, 0.29) is 6.42 Å². The number of hydrogen-bond donors (Lipinski definition) is 0. The highest BCUT2D eigenvalue weighted by Gasteiger charge is 2.21. The summed E-state index contributed by atoms with van der Waals surface area (Å²) in [5.74, 6) is -0.338. The Morgan fingerprint density at radius 3 is 2.45 bits per heavy atom. The van der Waals surface area contributed by atoms with Crippen LogP contribution in [0.25, 0.3) is 0 Å². The van der Waals surface area contributed by atoms with E-state index in [1.165, 1.54) is 6.42 Å². The number of rotatable bonds is 4. The van der Waals surface area contributed by atoms with E-state index >= 15 is 0 Å². The molecule has 0 amide bonds. The Morgan fingerprint density at radius 2 is 2.09 bits per heavy atom. The summed E-state index contributed by atoms with van der Waals surface area (Å²) in [4.78, 5) is 10.4. The quantitative estimate of drug-likeness (QED) is 0.620. The monoisotopic (exact) mass is 162 g/mol. The van der Waals surface area contributed by atoms with Gasteiger partial charge in [-0.2, -0.15) is 0 Å². The number of hydrogen-bond acceptors (Lipinski definition) is 1. The van der Waals surface area contributed by atoms with Gasteiger partial charge in [-0.3, -0.25) is 4.79 Å². The van der Waals surface area contributed by atoms with Crippen molar-refractivity contribution < 1.29 is 13.6 Å². The standard InChI is InChI=1S/C8H12F2O/c9-8(10)7(11)5-4-6-2-1-3-6/h6,8H,1-5H2. The van der Waals surface area contributed by atoms with Gasteiger partial charge in [-0.1, -0.05) is 19.3 Å². The van der Waals surface area contributed by atoms with Crippen LogP contribution in [0.3, 0.4) is 0 Å². The molecule has 0 heterocycles. The van der Waals surface area contributed by atoms with Crippen LogP contribution in [-0.2, 0) is 4.79 Å². The smallest absolute Gasteiger partial charge is 0.293 e. The molecule has 0 aromatic heterocycles. The first-order valence-corrected chi connectivity index (χ1v) is 4.01. The van der Waals surface area contributed by atoms with Crippen molar-refractivity contribution in [1.82, 2.24) is 0 Å². The number of carbonyl (C=O) groups excluding carboxylic acids is 1. The van der Waals surface area contributed by atoms with Crippen LogP contribution in [0.2, 0.25) is 0 Å². The first-order valence-electron chi connectivity index (χ1n) is 4.01. The number of alkyl halides is 2. The van der Waals surface area contributed by atoms with Crippen LogP contribution in [0, 0.1) is 5.92 Å². The van der Waals surface area contributed by atoms with Gasteiger partial charge in [0, 0.05) is 6.42 Å². The van der Waals surface area contributed by atoms with Crippen molar-refractivity contribution in [3.63, 3.8) is 0 Å². The zero-order valence-corrected chi connectivity index (χ0v) is 6.35. The molecule has 1 rings (SSSR count). The fourth-order valence-electron chi connectivity index (χ4n) is 1.24. The van der Waals surface area contributed by atoms with Crippen LogP contribution >= 0.6 is 0 Å². The average molecular weight is 162 g/mol. The average Bonchev–Trinajstić information content (AvgIpc) is 1.83. The lowest BCUT2D eigenvalue weighted by molar-refractivity contribution is -0.129. The van der Waals surface area contributed by atoms with Crippen LogP contribution < -0.4 is 0 Å². The highest BCUT2D eigenvalue weighted by molar-refractivity contribution is 5.81. The lowest BCUT2D eigenvalue weighted by Crippen LogP contribution is -2.16. The number of Topliss-reactive ketones (excluding diaryl/α,β-unsaturated/α-hetero) is 1. The van der Waals surface area contributed by atoms with Crippen LogP contribution in [-0.4, -0.2) is 12.2 Å². The summed E-state index contributed by atoms with van der Waals surface area (Å²) < 4.78 is 23.3. The molecular formula is C8H12F2O. The second kappa shape index (κ2) is 3.79. The normalized spacial score (nSPS) is 18.5. The van der Waals surface area contributed by atoms with Gasteiger partial charge >= 0.3 is 0 Å². The van der Waals surface area contributed by atoms with Crippen LogP contribution in [0.4, 0.5) is 8.78 Å². The molecule has 1 nitrogen and oxygen atoms in total. The molecule has 1 aliphatic rings. The zero-order chi connectivity index (χ0) is 8.27. The number of ketones is 1. The Labute approximate surface area is 64.8 Å². The first kappa shape index (κ1) is 8.62. The molecule has 0 spiro atoms. The lowest BCUT2D eigenvalue weighted by atomic mass is 9.82. The molecule has 0 saturated heterocycles. The van der Waals surface area contributed by atoms with Crippen molar-refractivity contribution in [3.8, 4) is 0 Å². The predicted octanol–water partition coefficient (Wildman–Crippen LogP) is 2.40. The predicted molar refractivity (Wildman–Crippen MR) is 37.6 cm³/mol. The number of carbonyl (C=O) groups is 1. The van der Waals surface area contributed by atoms with E-state index in [9.17, 15) is 13.6 Å². The molecule has 0 aromatic rings. The van der Waals surface area contributed by atoms with E-state index < -0.39 is 12.2 Å². The van der Waals surface area contributed by atoms with Crippen molar-refractivity contribution in [2.45, 2.75) is 38.5 Å². The summed E-state index contributed by atoms with van der Waals surface area (Å²) in [6.07, 6.45) is 1.43. The maximum absolute atomic E-state index is 11.7. The van der Waals surface area contributed by atoms with Crippen molar-refractivity contribution in [3.05, 3.63) is 0 Å². The maximum Gasteiger partial charge on any atom is 0.295 e. The minimum Gasteiger partial charge on any atom is -0.293 e. The van der Waals surface area contributed by atoms with E-state index in [0.717, 1.165) is 12.8 Å². The molecule has 0 radical (unpaired) electrons. The maximum atomic E-state index is 11.7. The Balaban J connectivity index is 2.06. The van der Waals surface area contributed by atoms with Crippen LogP contribution in [0.15, 0.2) is 0 Å². The van der Waals surface area contributed by atoms with Gasteiger partial charge in [0.15, 0.2) is 5.78 Å². The fraction of sp³-hybridized carbons (Fsp3) is 0.875. The van der Waals surface area contributed by atoms with E-state index in [0.29, 0.717) is 12.3 Å². The van der Waals surface area contributed by atoms with Crippen molar-refractivity contribution in [1.29, 1.82) is 0 Å². The summed E-state index contributed by atoms with van der Waals surface area (Å²) in [7, 11) is 0. The third kappa shape index (κ3) is 2.56. The molecule has 64 valence electrons. The molecule has 0 bridgehead atoms. The molecule has 0 atom stereocenters. The van der Waals surface area contributed by atoms with E-state index in [1.54, 1.807) is 0 Å². The minimum absolute atomic E-state index is 0.0718. The molecule has 1 saturated carbocycles. The Kier molecular flexibility index (Phi) is 2.97. The summed E-state index contributed by atoms with van der Waals surface area (Å²) in [6, 6.07) is 0. The molecule has 11 heavy (non-hydrogen) atoms. The van der Waals surface area contributed by atoms with Crippen molar-refractivity contribution >= 4 is 5.78 Å². The van der Waals surface area contributed by atoms with Crippen molar-refractivity contribution in [2.75, 3.05) is 0 Å². The van der Waals surface area contributed by atoms with Gasteiger partial charge in [0.1, 0.15) is 0 Å². The van der Waals surface area contributed by atoms with Gasteiger partial charge in [0.25, 0.3) is 6.43 Å². The van der Waals surface area contributed by atoms with Gasteiger partial charge in [-0.25, -0.2) is 8.78 Å². The Hall–Kier alpha value is -0.470. The molecule has 3 heteroatoms. The topological polar surface area (TPSA) is 17.1 Å². The third-order valence-electron chi connectivity index (χ3n) is 2.27. The molecule has 1 fully saturated rings. The van der Waals surface area contributed by atoms with E-state index in [4.69, 9.17) is 0 Å². The van der Waals surface area contributed by atoms with Gasteiger partial charge in [-0.05, 0) is 12.3 Å². The second-order valence-corrected chi connectivity index (χ2v) is 3.10. The van der Waals surface area contributed by atoms with Gasteiger partial charge in [0.05, 0.1) is 0 Å². The third-order valence-corrected chi connectivity index (χ3v) is 2.27. The molecule has 0 aromatic carbocycles. The van der Waals surface area contributed by atoms with Crippen LogP contribution in [0.1, 0.15) is 32.1 Å². The molecule has 0 N–H and O–H groups in total. The van der Waals surface area contributed by atoms with Gasteiger partial charge in [-0.15, -0.1) is 0 Å². The highest BCUT2D eigenvalue weighted by atomic mass is 19.3. The lowest BCUT2D eigenvalue weighted by Gasteiger charge is -2.24. The summed E-state index contributed by atoms with van der Waals surface area (Å²) in [6.45, 7) is 0. The fourth-order valence-corrected chi connectivity index (χ4v) is 1.24. The van der Waals surface area contributed by atoms with E-state index in [1.807, 2.05) is 0 Å². The molecule has 0 aliphatic heterocycles. The Morgan fingerprint density at radius 1 is 1.45 bits per heavy atom. The Bertz CT molecular complexity index is 141. The SMILES string of the molecule is O=C(CCC1CCC1)C(F)F. The van der Waals surface area contributed by atoms with Crippen molar-refractivity contribution in [2.24, 2.45) is 5.92 Å².